The first-order valence-electron chi connectivity index (χ1n) is 11.3. The average molecular weight is 425 g/mol. The summed E-state index contributed by atoms with van der Waals surface area (Å²) in [5.41, 5.74) is -0.737. The monoisotopic (exact) mass is 424 g/mol. The molecule has 0 bridgehead atoms. The van der Waals surface area contributed by atoms with Crippen molar-refractivity contribution in [1.82, 2.24) is 0 Å². The second-order valence-electron chi connectivity index (χ2n) is 12.0. The van der Waals surface area contributed by atoms with Gasteiger partial charge in [0, 0.05) is 22.9 Å². The van der Waals surface area contributed by atoms with Crippen molar-refractivity contribution in [2.24, 2.45) is 0 Å². The maximum Gasteiger partial charge on any atom is 0.349 e. The van der Waals surface area contributed by atoms with Crippen molar-refractivity contribution < 1.29 is 23.1 Å². The highest BCUT2D eigenvalue weighted by Crippen LogP contribution is 2.56. The van der Waals surface area contributed by atoms with Gasteiger partial charge in [-0.3, -0.25) is 0 Å². The number of ether oxygens (including phenoxy) is 3. The van der Waals surface area contributed by atoms with Gasteiger partial charge in [-0.25, -0.2) is 0 Å². The maximum atomic E-state index is 6.95. The fourth-order valence-electron chi connectivity index (χ4n) is 6.25. The fraction of sp³-hybridized carbons (Fsp3) is 0.913. The summed E-state index contributed by atoms with van der Waals surface area (Å²) in [5, 5.41) is -0.0481. The molecule has 0 spiro atoms. The number of fused-ring (bicyclic) bond motifs is 3. The van der Waals surface area contributed by atoms with E-state index in [4.69, 9.17) is 23.1 Å². The summed E-state index contributed by atoms with van der Waals surface area (Å²) in [6.07, 6.45) is 7.70. The molecule has 29 heavy (non-hydrogen) atoms. The molecule has 6 atom stereocenters. The molecular weight excluding hydrogens is 384 g/mol. The molecule has 4 aliphatic rings. The molecule has 166 valence electrons. The molecule has 0 aromatic rings. The number of allylic oxidation sites excluding steroid dienone is 1. The summed E-state index contributed by atoms with van der Waals surface area (Å²) in [6, 6.07) is 0. The van der Waals surface area contributed by atoms with Crippen LogP contribution in [0.15, 0.2) is 12.3 Å². The summed E-state index contributed by atoms with van der Waals surface area (Å²) < 4.78 is 33.1. The van der Waals surface area contributed by atoms with Crippen LogP contribution < -0.4 is 0 Å². The van der Waals surface area contributed by atoms with Crippen molar-refractivity contribution in [3.63, 3.8) is 0 Å². The van der Waals surface area contributed by atoms with Gasteiger partial charge in [0.15, 0.2) is 0 Å². The van der Waals surface area contributed by atoms with Crippen LogP contribution >= 0.6 is 0 Å². The van der Waals surface area contributed by atoms with Gasteiger partial charge in [-0.15, -0.1) is 0 Å². The van der Waals surface area contributed by atoms with E-state index in [2.05, 4.69) is 61.5 Å². The van der Waals surface area contributed by atoms with Gasteiger partial charge in [0.2, 0.25) is 0 Å². The highest BCUT2D eigenvalue weighted by Gasteiger charge is 2.65. The third-order valence-corrected chi connectivity index (χ3v) is 12.6. The second kappa shape index (κ2) is 6.80. The van der Waals surface area contributed by atoms with E-state index < -0.39 is 8.56 Å². The van der Waals surface area contributed by atoms with Crippen LogP contribution in [0.5, 0.6) is 0 Å². The van der Waals surface area contributed by atoms with Crippen LogP contribution in [-0.2, 0) is 23.1 Å². The molecule has 6 heteroatoms. The quantitative estimate of drug-likeness (QED) is 0.498. The van der Waals surface area contributed by atoms with E-state index >= 15 is 0 Å². The van der Waals surface area contributed by atoms with Crippen LogP contribution in [0.4, 0.5) is 0 Å². The van der Waals surface area contributed by atoms with E-state index in [9.17, 15) is 0 Å². The minimum absolute atomic E-state index is 0.0215. The summed E-state index contributed by atoms with van der Waals surface area (Å²) in [6.45, 7) is 18.5. The van der Waals surface area contributed by atoms with Gasteiger partial charge in [0.05, 0.1) is 36.8 Å². The zero-order valence-corrected chi connectivity index (χ0v) is 20.5. The molecule has 0 aromatic carbocycles. The number of rotatable bonds is 0. The molecule has 0 radical (unpaired) electrons. The maximum absolute atomic E-state index is 6.95. The van der Waals surface area contributed by atoms with E-state index in [0.717, 1.165) is 25.7 Å². The standard InChI is InChI=1S/C23H40O5Si/c1-20(2,3)29(21(4,5)6)25-14-17-16(28-29)13-19-23(8,27-17)15-22(7)18(26-19)11-9-10-12-24-22/h10,12,16-19H,9,11,13-15H2,1-8H3/t16-,17+,18-,19+,22+,23-/m1/s1. The zero-order valence-electron chi connectivity index (χ0n) is 19.5. The first-order chi connectivity index (χ1) is 13.3. The fourth-order valence-corrected chi connectivity index (χ4v) is 11.2. The molecule has 0 unspecified atom stereocenters. The Kier molecular flexibility index (Phi) is 5.11. The predicted octanol–water partition coefficient (Wildman–Crippen LogP) is 5.23. The molecule has 3 fully saturated rings. The summed E-state index contributed by atoms with van der Waals surface area (Å²) >= 11 is 0. The van der Waals surface area contributed by atoms with E-state index in [1.807, 2.05) is 6.26 Å². The molecule has 0 aliphatic carbocycles. The lowest BCUT2D eigenvalue weighted by Gasteiger charge is -2.61. The molecule has 4 aliphatic heterocycles. The predicted molar refractivity (Wildman–Crippen MR) is 115 cm³/mol. The van der Waals surface area contributed by atoms with E-state index in [0.29, 0.717) is 6.61 Å². The third kappa shape index (κ3) is 3.43. The zero-order chi connectivity index (χ0) is 21.3. The van der Waals surface area contributed by atoms with Gasteiger partial charge >= 0.3 is 8.56 Å². The van der Waals surface area contributed by atoms with E-state index in [1.54, 1.807) is 0 Å². The van der Waals surface area contributed by atoms with Crippen molar-refractivity contribution in [3.05, 3.63) is 12.3 Å². The van der Waals surface area contributed by atoms with Gasteiger partial charge in [-0.1, -0.05) is 41.5 Å². The molecule has 0 saturated carbocycles. The van der Waals surface area contributed by atoms with Crippen molar-refractivity contribution in [3.8, 4) is 0 Å². The van der Waals surface area contributed by atoms with Crippen molar-refractivity contribution in [2.75, 3.05) is 6.61 Å². The Labute approximate surface area is 177 Å². The van der Waals surface area contributed by atoms with Gasteiger partial charge in [-0.2, -0.15) is 0 Å². The van der Waals surface area contributed by atoms with Crippen molar-refractivity contribution >= 4 is 8.56 Å². The topological polar surface area (TPSA) is 46.2 Å². The van der Waals surface area contributed by atoms with Crippen LogP contribution in [0.1, 0.15) is 81.1 Å². The second-order valence-corrected chi connectivity index (χ2v) is 16.7. The molecule has 3 saturated heterocycles. The lowest BCUT2D eigenvalue weighted by Crippen LogP contribution is -2.71. The number of hydrogen-bond acceptors (Lipinski definition) is 5. The molecule has 4 rings (SSSR count). The van der Waals surface area contributed by atoms with Gasteiger partial charge < -0.3 is 23.1 Å². The minimum Gasteiger partial charge on any atom is -0.493 e. The Hall–Kier alpha value is -0.403. The van der Waals surface area contributed by atoms with Gasteiger partial charge in [0.1, 0.15) is 11.7 Å². The molecule has 4 heterocycles. The smallest absolute Gasteiger partial charge is 0.349 e. The first-order valence-corrected chi connectivity index (χ1v) is 13.1. The normalized spacial score (nSPS) is 44.7. The molecular formula is C23H40O5Si. The van der Waals surface area contributed by atoms with Gasteiger partial charge in [0.25, 0.3) is 0 Å². The van der Waals surface area contributed by atoms with Crippen LogP contribution in [0, 0.1) is 0 Å². The lowest BCUT2D eigenvalue weighted by atomic mass is 9.74. The first kappa shape index (κ1) is 21.8. The Morgan fingerprint density at radius 2 is 1.62 bits per heavy atom. The average Bonchev–Trinajstić information content (AvgIpc) is 2.75. The van der Waals surface area contributed by atoms with Crippen molar-refractivity contribution in [2.45, 2.75) is 127 Å². The summed E-state index contributed by atoms with van der Waals surface area (Å²) in [7, 11) is -2.50. The van der Waals surface area contributed by atoms with Crippen LogP contribution in [0.2, 0.25) is 10.1 Å². The highest BCUT2D eigenvalue weighted by atomic mass is 28.4. The third-order valence-electron chi connectivity index (χ3n) is 7.45. The molecule has 5 nitrogen and oxygen atoms in total. The molecule has 0 aromatic heterocycles. The SMILES string of the molecule is CC(C)(C)[Si]1(C(C)(C)C)OC[C@@H]2O[C@]3(C)C[C@]4(C)OC=CCC[C@H]4O[C@H]3C[C@H]2O1. The van der Waals surface area contributed by atoms with E-state index in [1.165, 1.54) is 0 Å². The number of hydrogen-bond donors (Lipinski definition) is 0. The Bertz CT molecular complexity index is 651. The summed E-state index contributed by atoms with van der Waals surface area (Å²) in [5.74, 6) is 0. The van der Waals surface area contributed by atoms with Gasteiger partial charge in [-0.05, 0) is 32.8 Å². The highest BCUT2D eigenvalue weighted by molar-refractivity contribution is 6.73. The van der Waals surface area contributed by atoms with E-state index in [-0.39, 0.29) is 45.7 Å². The minimum atomic E-state index is -2.50. The lowest BCUT2D eigenvalue weighted by molar-refractivity contribution is -0.313. The van der Waals surface area contributed by atoms with Crippen LogP contribution in [0.3, 0.4) is 0 Å². The van der Waals surface area contributed by atoms with Crippen LogP contribution in [-0.4, -0.2) is 50.8 Å². The molecule has 0 N–H and O–H groups in total. The van der Waals surface area contributed by atoms with Crippen molar-refractivity contribution in [1.29, 1.82) is 0 Å². The largest absolute Gasteiger partial charge is 0.493 e. The molecule has 0 amide bonds. The Morgan fingerprint density at radius 1 is 0.931 bits per heavy atom. The Balaban J connectivity index is 1.59. The Morgan fingerprint density at radius 3 is 2.28 bits per heavy atom. The van der Waals surface area contributed by atoms with Crippen LogP contribution in [0.25, 0.3) is 0 Å². The summed E-state index contributed by atoms with van der Waals surface area (Å²) in [4.78, 5) is 0.